The molecule has 1 N–H and O–H groups in total. The van der Waals surface area contributed by atoms with Crippen LogP contribution in [0.5, 0.6) is 11.5 Å². The molecule has 0 saturated heterocycles. The van der Waals surface area contributed by atoms with E-state index in [-0.39, 0.29) is 4.90 Å². The lowest BCUT2D eigenvalue weighted by Gasteiger charge is -2.19. The molecule has 0 fully saturated rings. The molecular weight excluding hydrogens is 380 g/mol. The molecule has 0 radical (unpaired) electrons. The lowest BCUT2D eigenvalue weighted by atomic mass is 10.2. The van der Waals surface area contributed by atoms with E-state index in [0.29, 0.717) is 30.4 Å². The predicted octanol–water partition coefficient (Wildman–Crippen LogP) is 2.46. The van der Waals surface area contributed by atoms with Gasteiger partial charge in [0.1, 0.15) is 19.0 Å². The van der Waals surface area contributed by atoms with Crippen LogP contribution in [0, 0.1) is 0 Å². The van der Waals surface area contributed by atoms with Gasteiger partial charge in [-0.1, -0.05) is 12.1 Å². The molecule has 0 aliphatic carbocycles. The topological polar surface area (TPSA) is 95.3 Å². The highest BCUT2D eigenvalue weighted by Crippen LogP contribution is 2.33. The first kappa shape index (κ1) is 17.1. The fraction of sp³-hybridized carbons (Fsp3) is 0.263. The van der Waals surface area contributed by atoms with E-state index in [0.717, 1.165) is 36.6 Å². The summed E-state index contributed by atoms with van der Waals surface area (Å²) in [5, 5.41) is 8.47. The fourth-order valence-electron chi connectivity index (χ4n) is 3.49. The van der Waals surface area contributed by atoms with Gasteiger partial charge in [-0.3, -0.25) is 4.72 Å². The molecule has 144 valence electrons. The number of ether oxygens (including phenoxy) is 2. The number of hydrogen-bond donors (Lipinski definition) is 1. The van der Waals surface area contributed by atoms with E-state index in [1.54, 1.807) is 24.3 Å². The third kappa shape index (κ3) is 2.97. The molecule has 0 saturated carbocycles. The van der Waals surface area contributed by atoms with Crippen molar-refractivity contribution in [3.8, 4) is 22.9 Å². The minimum Gasteiger partial charge on any atom is -0.486 e. The molecule has 2 aliphatic heterocycles. The Hall–Kier alpha value is -3.07. The number of fused-ring (bicyclic) bond motifs is 2. The fourth-order valence-corrected chi connectivity index (χ4v) is 4.56. The number of aromatic nitrogens is 3. The number of rotatable bonds is 4. The Morgan fingerprint density at radius 2 is 1.86 bits per heavy atom. The number of hydrogen-bond acceptors (Lipinski definition) is 6. The number of anilines is 1. The maximum Gasteiger partial charge on any atom is 0.262 e. The van der Waals surface area contributed by atoms with Crippen LogP contribution in [0.15, 0.2) is 47.4 Å². The molecule has 0 atom stereocenters. The van der Waals surface area contributed by atoms with Crippen molar-refractivity contribution in [2.45, 2.75) is 24.3 Å². The van der Waals surface area contributed by atoms with E-state index in [4.69, 9.17) is 9.47 Å². The highest BCUT2D eigenvalue weighted by molar-refractivity contribution is 7.92. The van der Waals surface area contributed by atoms with Crippen LogP contribution in [0.25, 0.3) is 11.4 Å². The number of benzene rings is 2. The van der Waals surface area contributed by atoms with E-state index < -0.39 is 10.0 Å². The first-order valence-electron chi connectivity index (χ1n) is 9.05. The van der Waals surface area contributed by atoms with Crippen molar-refractivity contribution >= 4 is 15.7 Å². The summed E-state index contributed by atoms with van der Waals surface area (Å²) in [5.74, 6) is 2.71. The summed E-state index contributed by atoms with van der Waals surface area (Å²) in [4.78, 5) is 0.116. The summed E-state index contributed by atoms with van der Waals surface area (Å²) in [5.41, 5.74) is 1.28. The van der Waals surface area contributed by atoms with Crippen LogP contribution >= 0.6 is 0 Å². The lowest BCUT2D eigenvalue weighted by molar-refractivity contribution is 0.171. The van der Waals surface area contributed by atoms with Crippen LogP contribution in [0.2, 0.25) is 0 Å². The highest BCUT2D eigenvalue weighted by atomic mass is 32.2. The summed E-state index contributed by atoms with van der Waals surface area (Å²) in [6.45, 7) is 1.73. The molecule has 0 spiro atoms. The molecule has 5 rings (SSSR count). The van der Waals surface area contributed by atoms with Crippen molar-refractivity contribution in [2.24, 2.45) is 0 Å². The summed E-state index contributed by atoms with van der Waals surface area (Å²) in [7, 11) is -3.77. The summed E-state index contributed by atoms with van der Waals surface area (Å²) < 4.78 is 41.3. The van der Waals surface area contributed by atoms with Gasteiger partial charge in [-0.2, -0.15) is 0 Å². The Balaban J connectivity index is 1.44. The second-order valence-electron chi connectivity index (χ2n) is 6.69. The zero-order chi connectivity index (χ0) is 19.1. The molecule has 0 amide bonds. The highest BCUT2D eigenvalue weighted by Gasteiger charge is 2.21. The van der Waals surface area contributed by atoms with Crippen LogP contribution in [-0.2, 0) is 23.0 Å². The van der Waals surface area contributed by atoms with Crippen LogP contribution in [0.3, 0.4) is 0 Å². The molecule has 0 bridgehead atoms. The van der Waals surface area contributed by atoms with E-state index in [1.165, 1.54) is 12.1 Å². The maximum absolute atomic E-state index is 12.8. The maximum atomic E-state index is 12.8. The van der Waals surface area contributed by atoms with Crippen molar-refractivity contribution in [2.75, 3.05) is 17.9 Å². The SMILES string of the molecule is O=S(=O)(Nc1cccc(-c2nnc3n2CCC3)c1)c1ccc2c(c1)OCCO2. The second kappa shape index (κ2) is 6.52. The monoisotopic (exact) mass is 398 g/mol. The standard InChI is InChI=1S/C19H18N4O4S/c24-28(25,15-6-7-16-17(12-15)27-10-9-26-16)22-14-4-1-3-13(11-14)19-21-20-18-5-2-8-23(18)19/h1,3-4,6-7,11-12,22H,2,5,8-10H2. The summed E-state index contributed by atoms with van der Waals surface area (Å²) in [6.07, 6.45) is 1.97. The van der Waals surface area contributed by atoms with Gasteiger partial charge in [0.25, 0.3) is 10.0 Å². The number of nitrogens with zero attached hydrogens (tertiary/aromatic N) is 3. The van der Waals surface area contributed by atoms with Crippen molar-refractivity contribution in [1.82, 2.24) is 14.8 Å². The van der Waals surface area contributed by atoms with Crippen LogP contribution < -0.4 is 14.2 Å². The lowest BCUT2D eigenvalue weighted by Crippen LogP contribution is -2.17. The van der Waals surface area contributed by atoms with Gasteiger partial charge in [-0.05, 0) is 30.7 Å². The third-order valence-electron chi connectivity index (χ3n) is 4.81. The average Bonchev–Trinajstić information content (AvgIpc) is 3.31. The molecule has 9 heteroatoms. The van der Waals surface area contributed by atoms with Gasteiger partial charge in [-0.25, -0.2) is 8.42 Å². The van der Waals surface area contributed by atoms with Crippen molar-refractivity contribution in [3.63, 3.8) is 0 Å². The van der Waals surface area contributed by atoms with Gasteiger partial charge in [0.05, 0.1) is 4.90 Å². The van der Waals surface area contributed by atoms with Gasteiger partial charge in [0, 0.05) is 30.3 Å². The molecular formula is C19H18N4O4S. The quantitative estimate of drug-likeness (QED) is 0.725. The van der Waals surface area contributed by atoms with Gasteiger partial charge in [0.2, 0.25) is 0 Å². The van der Waals surface area contributed by atoms with Crippen molar-refractivity contribution in [1.29, 1.82) is 0 Å². The number of sulfonamides is 1. The Kier molecular flexibility index (Phi) is 3.97. The predicted molar refractivity (Wildman–Crippen MR) is 102 cm³/mol. The minimum atomic E-state index is -3.77. The average molecular weight is 398 g/mol. The summed E-state index contributed by atoms with van der Waals surface area (Å²) >= 11 is 0. The summed E-state index contributed by atoms with van der Waals surface area (Å²) in [6, 6.07) is 11.8. The van der Waals surface area contributed by atoms with E-state index in [9.17, 15) is 8.42 Å². The zero-order valence-corrected chi connectivity index (χ0v) is 15.8. The molecule has 2 aliphatic rings. The Morgan fingerprint density at radius 1 is 1.00 bits per heavy atom. The van der Waals surface area contributed by atoms with Gasteiger partial charge >= 0.3 is 0 Å². The number of aryl methyl sites for hydroxylation is 1. The smallest absolute Gasteiger partial charge is 0.262 e. The van der Waals surface area contributed by atoms with Gasteiger partial charge in [0.15, 0.2) is 17.3 Å². The normalized spacial score (nSPS) is 15.3. The largest absolute Gasteiger partial charge is 0.486 e. The second-order valence-corrected chi connectivity index (χ2v) is 8.37. The molecule has 3 aromatic rings. The van der Waals surface area contributed by atoms with E-state index in [2.05, 4.69) is 19.5 Å². The third-order valence-corrected chi connectivity index (χ3v) is 6.19. The first-order valence-corrected chi connectivity index (χ1v) is 10.5. The molecule has 3 heterocycles. The van der Waals surface area contributed by atoms with Gasteiger partial charge < -0.3 is 14.0 Å². The molecule has 0 unspecified atom stereocenters. The molecule has 28 heavy (non-hydrogen) atoms. The first-order chi connectivity index (χ1) is 13.6. The Labute approximate surface area is 162 Å². The Bertz CT molecular complexity index is 1160. The molecule has 1 aromatic heterocycles. The zero-order valence-electron chi connectivity index (χ0n) is 15.0. The Morgan fingerprint density at radius 3 is 2.75 bits per heavy atom. The van der Waals surface area contributed by atoms with Crippen LogP contribution in [0.4, 0.5) is 5.69 Å². The van der Waals surface area contributed by atoms with Crippen LogP contribution in [-0.4, -0.2) is 36.4 Å². The van der Waals surface area contributed by atoms with Crippen molar-refractivity contribution < 1.29 is 17.9 Å². The van der Waals surface area contributed by atoms with E-state index in [1.807, 2.05) is 6.07 Å². The van der Waals surface area contributed by atoms with Crippen LogP contribution in [0.1, 0.15) is 12.2 Å². The minimum absolute atomic E-state index is 0.116. The molecule has 2 aromatic carbocycles. The van der Waals surface area contributed by atoms with E-state index >= 15 is 0 Å². The van der Waals surface area contributed by atoms with Gasteiger partial charge in [-0.15, -0.1) is 10.2 Å². The number of nitrogens with one attached hydrogen (secondary N) is 1. The molecule has 8 nitrogen and oxygen atoms in total. The van der Waals surface area contributed by atoms with Crippen molar-refractivity contribution in [3.05, 3.63) is 48.3 Å².